The van der Waals surface area contributed by atoms with Crippen molar-refractivity contribution in [3.63, 3.8) is 0 Å². The summed E-state index contributed by atoms with van der Waals surface area (Å²) in [4.78, 5) is 20.5. The van der Waals surface area contributed by atoms with E-state index in [4.69, 9.17) is 9.26 Å². The molecule has 0 atom stereocenters. The lowest BCUT2D eigenvalue weighted by molar-refractivity contribution is -0.152. The van der Waals surface area contributed by atoms with Gasteiger partial charge in [0.25, 0.3) is 15.9 Å². The molecule has 0 spiro atoms. The number of esters is 1. The van der Waals surface area contributed by atoms with E-state index < -0.39 is 10.0 Å². The van der Waals surface area contributed by atoms with Crippen molar-refractivity contribution in [2.45, 2.75) is 23.7 Å². The molecule has 29 heavy (non-hydrogen) atoms. The van der Waals surface area contributed by atoms with Crippen molar-refractivity contribution in [1.82, 2.24) is 19.4 Å². The van der Waals surface area contributed by atoms with Gasteiger partial charge in [0, 0.05) is 31.0 Å². The lowest BCUT2D eigenvalue weighted by atomic mass is 9.98. The number of carbonyl (C=O) groups is 1. The van der Waals surface area contributed by atoms with Gasteiger partial charge in [-0.1, -0.05) is 11.2 Å². The summed E-state index contributed by atoms with van der Waals surface area (Å²) in [6.07, 6.45) is 4.07. The van der Waals surface area contributed by atoms with Crippen LogP contribution < -0.4 is 0 Å². The molecule has 0 radical (unpaired) electrons. The van der Waals surface area contributed by atoms with Crippen LogP contribution in [0.1, 0.15) is 18.7 Å². The first-order valence-electron chi connectivity index (χ1n) is 8.97. The zero-order chi connectivity index (χ0) is 20.3. The summed E-state index contributed by atoms with van der Waals surface area (Å²) < 4.78 is 37.2. The van der Waals surface area contributed by atoms with Crippen LogP contribution >= 0.6 is 11.3 Å². The number of ether oxygens (including phenoxy) is 1. The Kier molecular flexibility index (Phi) is 5.69. The Hall–Kier alpha value is -2.63. The Morgan fingerprint density at radius 3 is 2.79 bits per heavy atom. The second kappa shape index (κ2) is 8.39. The topological polar surface area (TPSA) is 115 Å². The summed E-state index contributed by atoms with van der Waals surface area (Å²) in [6.45, 7) is 0.442. The van der Waals surface area contributed by atoms with Gasteiger partial charge in [-0.05, 0) is 36.4 Å². The number of nitrogens with zero attached hydrogens (tertiary/aromatic N) is 4. The zero-order valence-corrected chi connectivity index (χ0v) is 16.9. The Labute approximate surface area is 171 Å². The minimum absolute atomic E-state index is 0.125. The van der Waals surface area contributed by atoms with E-state index in [1.54, 1.807) is 42.0 Å². The molecular weight excluding hydrogens is 416 g/mol. The van der Waals surface area contributed by atoms with E-state index in [2.05, 4.69) is 15.1 Å². The highest BCUT2D eigenvalue weighted by Crippen LogP contribution is 2.27. The third kappa shape index (κ3) is 4.36. The van der Waals surface area contributed by atoms with Crippen LogP contribution in [-0.2, 0) is 26.2 Å². The van der Waals surface area contributed by atoms with Gasteiger partial charge in [-0.25, -0.2) is 8.42 Å². The number of sulfonamides is 1. The molecule has 3 aromatic heterocycles. The minimum atomic E-state index is -3.49. The molecule has 1 fully saturated rings. The van der Waals surface area contributed by atoms with Crippen molar-refractivity contribution in [2.75, 3.05) is 13.1 Å². The van der Waals surface area contributed by atoms with Gasteiger partial charge in [-0.2, -0.15) is 9.29 Å². The second-order valence-electron chi connectivity index (χ2n) is 6.47. The van der Waals surface area contributed by atoms with Gasteiger partial charge in [0.15, 0.2) is 6.61 Å². The molecule has 1 aliphatic rings. The predicted molar refractivity (Wildman–Crippen MR) is 103 cm³/mol. The summed E-state index contributed by atoms with van der Waals surface area (Å²) in [7, 11) is -3.49. The molecule has 0 amide bonds. The summed E-state index contributed by atoms with van der Waals surface area (Å²) in [6, 6.07) is 6.85. The first-order chi connectivity index (χ1) is 14.0. The average Bonchev–Trinajstić information content (AvgIpc) is 3.45. The fourth-order valence-corrected chi connectivity index (χ4v) is 5.66. The maximum absolute atomic E-state index is 12.5. The molecule has 9 nitrogen and oxygen atoms in total. The molecule has 0 N–H and O–H groups in total. The van der Waals surface area contributed by atoms with E-state index in [9.17, 15) is 13.2 Å². The number of rotatable bonds is 6. The quantitative estimate of drug-likeness (QED) is 0.543. The van der Waals surface area contributed by atoms with Gasteiger partial charge in [-0.3, -0.25) is 9.78 Å². The van der Waals surface area contributed by atoms with E-state index in [1.165, 1.54) is 15.6 Å². The SMILES string of the molecule is O=C(OCc1nc(-c2cccnc2)no1)C1CCN(S(=O)(=O)c2cccs2)CC1. The number of pyridine rings is 1. The lowest BCUT2D eigenvalue weighted by Gasteiger charge is -2.29. The standard InChI is InChI=1S/C18H18N4O5S2/c23-18(26-12-15-20-17(21-27-15)14-3-1-7-19-11-14)13-5-8-22(9-6-13)29(24,25)16-4-2-10-28-16/h1-4,7,10-11,13H,5-6,8-9,12H2. The maximum Gasteiger partial charge on any atom is 0.309 e. The normalized spacial score (nSPS) is 16.0. The fourth-order valence-electron chi connectivity index (χ4n) is 3.05. The lowest BCUT2D eigenvalue weighted by Crippen LogP contribution is -2.40. The third-order valence-corrected chi connectivity index (χ3v) is 7.87. The first kappa shape index (κ1) is 19.7. The second-order valence-corrected chi connectivity index (χ2v) is 9.58. The van der Waals surface area contributed by atoms with Crippen molar-refractivity contribution in [2.24, 2.45) is 5.92 Å². The number of aromatic nitrogens is 3. The molecule has 1 saturated heterocycles. The number of hydrogen-bond donors (Lipinski definition) is 0. The number of hydrogen-bond acceptors (Lipinski definition) is 9. The van der Waals surface area contributed by atoms with Crippen LogP contribution in [0.3, 0.4) is 0 Å². The van der Waals surface area contributed by atoms with Gasteiger partial charge in [0.2, 0.25) is 5.82 Å². The Bertz CT molecular complexity index is 1060. The zero-order valence-electron chi connectivity index (χ0n) is 15.3. The highest BCUT2D eigenvalue weighted by atomic mass is 32.2. The van der Waals surface area contributed by atoms with Crippen LogP contribution in [0.4, 0.5) is 0 Å². The van der Waals surface area contributed by atoms with Crippen molar-refractivity contribution in [3.05, 3.63) is 47.9 Å². The van der Waals surface area contributed by atoms with Crippen LogP contribution in [0.5, 0.6) is 0 Å². The average molecular weight is 434 g/mol. The van der Waals surface area contributed by atoms with Gasteiger partial charge < -0.3 is 9.26 Å². The van der Waals surface area contributed by atoms with Crippen LogP contribution in [0.2, 0.25) is 0 Å². The van der Waals surface area contributed by atoms with Crippen LogP contribution in [0.25, 0.3) is 11.4 Å². The molecule has 4 heterocycles. The fraction of sp³-hybridized carbons (Fsp3) is 0.333. The molecule has 0 unspecified atom stereocenters. The van der Waals surface area contributed by atoms with Gasteiger partial charge >= 0.3 is 5.97 Å². The molecule has 3 aromatic rings. The van der Waals surface area contributed by atoms with E-state index in [-0.39, 0.29) is 37.5 Å². The highest BCUT2D eigenvalue weighted by Gasteiger charge is 2.33. The van der Waals surface area contributed by atoms with E-state index in [0.29, 0.717) is 28.4 Å². The largest absolute Gasteiger partial charge is 0.455 e. The minimum Gasteiger partial charge on any atom is -0.455 e. The molecule has 0 saturated carbocycles. The Morgan fingerprint density at radius 2 is 2.10 bits per heavy atom. The summed E-state index contributed by atoms with van der Waals surface area (Å²) in [5, 5.41) is 5.58. The summed E-state index contributed by atoms with van der Waals surface area (Å²) in [5.74, 6) is -0.184. The Morgan fingerprint density at radius 1 is 1.28 bits per heavy atom. The smallest absolute Gasteiger partial charge is 0.309 e. The van der Waals surface area contributed by atoms with Gasteiger partial charge in [-0.15, -0.1) is 11.3 Å². The molecule has 0 bridgehead atoms. The molecule has 152 valence electrons. The molecule has 1 aliphatic heterocycles. The van der Waals surface area contributed by atoms with Crippen molar-refractivity contribution in [3.8, 4) is 11.4 Å². The molecule has 4 rings (SSSR count). The number of thiophene rings is 1. The van der Waals surface area contributed by atoms with Gasteiger partial charge in [0.05, 0.1) is 5.92 Å². The third-order valence-electron chi connectivity index (χ3n) is 4.60. The van der Waals surface area contributed by atoms with E-state index in [1.807, 2.05) is 0 Å². The maximum atomic E-state index is 12.5. The van der Waals surface area contributed by atoms with Crippen LogP contribution in [-0.4, -0.2) is 46.9 Å². The molecular formula is C18H18N4O5S2. The molecule has 11 heteroatoms. The Balaban J connectivity index is 1.29. The van der Waals surface area contributed by atoms with E-state index >= 15 is 0 Å². The first-order valence-corrected chi connectivity index (χ1v) is 11.3. The van der Waals surface area contributed by atoms with Crippen molar-refractivity contribution < 1.29 is 22.5 Å². The summed E-state index contributed by atoms with van der Waals surface area (Å²) >= 11 is 1.19. The summed E-state index contributed by atoms with van der Waals surface area (Å²) in [5.41, 5.74) is 0.702. The number of piperidine rings is 1. The number of carbonyl (C=O) groups excluding carboxylic acids is 1. The monoisotopic (exact) mass is 434 g/mol. The van der Waals surface area contributed by atoms with Crippen molar-refractivity contribution in [1.29, 1.82) is 0 Å². The molecule has 0 aromatic carbocycles. The van der Waals surface area contributed by atoms with E-state index in [0.717, 1.165) is 0 Å². The van der Waals surface area contributed by atoms with Crippen LogP contribution in [0, 0.1) is 5.92 Å². The van der Waals surface area contributed by atoms with Crippen LogP contribution in [0.15, 0.2) is 50.8 Å². The highest BCUT2D eigenvalue weighted by molar-refractivity contribution is 7.91. The molecule has 0 aliphatic carbocycles. The van der Waals surface area contributed by atoms with Crippen molar-refractivity contribution >= 4 is 27.3 Å². The van der Waals surface area contributed by atoms with Gasteiger partial charge in [0.1, 0.15) is 4.21 Å². The predicted octanol–water partition coefficient (Wildman–Crippen LogP) is 2.34.